The van der Waals surface area contributed by atoms with E-state index in [2.05, 4.69) is 10.6 Å². The van der Waals surface area contributed by atoms with Crippen molar-refractivity contribution in [2.75, 3.05) is 26.2 Å². The summed E-state index contributed by atoms with van der Waals surface area (Å²) in [5, 5.41) is 6.18. The average Bonchev–Trinajstić information content (AvgIpc) is 3.16. The summed E-state index contributed by atoms with van der Waals surface area (Å²) in [6, 6.07) is 6.83. The molecule has 1 unspecified atom stereocenters. The van der Waals surface area contributed by atoms with E-state index in [1.165, 1.54) is 0 Å². The maximum atomic E-state index is 12.5. The van der Waals surface area contributed by atoms with E-state index in [1.807, 2.05) is 0 Å². The molecular weight excluding hydrogens is 362 g/mol. The molecule has 2 aliphatic rings. The highest BCUT2D eigenvalue weighted by Gasteiger charge is 2.27. The van der Waals surface area contributed by atoms with E-state index in [1.54, 1.807) is 28.6 Å². The zero-order valence-electron chi connectivity index (χ0n) is 14.2. The van der Waals surface area contributed by atoms with Crippen molar-refractivity contribution in [1.82, 2.24) is 14.9 Å². The monoisotopic (exact) mass is 387 g/mol. The smallest absolute Gasteiger partial charge is 0.243 e. The largest absolute Gasteiger partial charge is 0.352 e. The zero-order chi connectivity index (χ0) is 17.0. The molecule has 140 valence electrons. The Morgan fingerprint density at radius 2 is 1.84 bits per heavy atom. The van der Waals surface area contributed by atoms with Gasteiger partial charge in [0.15, 0.2) is 0 Å². The molecule has 2 aliphatic heterocycles. The highest BCUT2D eigenvalue weighted by molar-refractivity contribution is 7.89. The first-order valence-electron chi connectivity index (χ1n) is 8.65. The van der Waals surface area contributed by atoms with Crippen molar-refractivity contribution >= 4 is 28.3 Å². The van der Waals surface area contributed by atoms with Gasteiger partial charge in [0.1, 0.15) is 0 Å². The van der Waals surface area contributed by atoms with Crippen LogP contribution in [0.3, 0.4) is 0 Å². The third-order valence-electron chi connectivity index (χ3n) is 4.76. The van der Waals surface area contributed by atoms with Crippen molar-refractivity contribution < 1.29 is 13.2 Å². The van der Waals surface area contributed by atoms with Crippen LogP contribution in [0.2, 0.25) is 0 Å². The van der Waals surface area contributed by atoms with Gasteiger partial charge in [-0.05, 0) is 49.9 Å². The standard InChI is InChI=1S/C17H25N3O3S.ClH/c21-17(15-4-3-9-18-13-15)19-12-14-5-7-16(8-6-14)24(22,23)20-10-1-2-11-20;/h5-8,15,18H,1-4,9-13H2,(H,19,21);1H. The molecule has 1 amide bonds. The van der Waals surface area contributed by atoms with Gasteiger partial charge < -0.3 is 10.6 Å². The number of carbonyl (C=O) groups is 1. The van der Waals surface area contributed by atoms with E-state index in [4.69, 9.17) is 0 Å². The molecule has 1 aromatic rings. The number of amides is 1. The van der Waals surface area contributed by atoms with Crippen LogP contribution in [-0.4, -0.2) is 44.8 Å². The Morgan fingerprint density at radius 3 is 2.44 bits per heavy atom. The van der Waals surface area contributed by atoms with E-state index in [0.717, 1.165) is 44.3 Å². The fourth-order valence-corrected chi connectivity index (χ4v) is 4.78. The fraction of sp³-hybridized carbons (Fsp3) is 0.588. The summed E-state index contributed by atoms with van der Waals surface area (Å²) in [5.74, 6) is 0.101. The summed E-state index contributed by atoms with van der Waals surface area (Å²) in [5.41, 5.74) is 0.910. The van der Waals surface area contributed by atoms with Gasteiger partial charge in [0.05, 0.1) is 10.8 Å². The van der Waals surface area contributed by atoms with Gasteiger partial charge in [0.2, 0.25) is 15.9 Å². The lowest BCUT2D eigenvalue weighted by molar-refractivity contribution is -0.125. The van der Waals surface area contributed by atoms with Gasteiger partial charge in [-0.2, -0.15) is 4.31 Å². The number of carbonyl (C=O) groups excluding carboxylic acids is 1. The number of piperidine rings is 1. The second-order valence-corrected chi connectivity index (χ2v) is 8.45. The maximum Gasteiger partial charge on any atom is 0.243 e. The SMILES string of the molecule is Cl.O=C(NCc1ccc(S(=O)(=O)N2CCCC2)cc1)C1CCCNC1. The lowest BCUT2D eigenvalue weighted by atomic mass is 9.99. The first-order valence-corrected chi connectivity index (χ1v) is 10.1. The topological polar surface area (TPSA) is 78.5 Å². The second-order valence-electron chi connectivity index (χ2n) is 6.52. The van der Waals surface area contributed by atoms with E-state index >= 15 is 0 Å². The molecule has 1 atom stereocenters. The minimum Gasteiger partial charge on any atom is -0.352 e. The van der Waals surface area contributed by atoms with Gasteiger partial charge in [-0.1, -0.05) is 12.1 Å². The van der Waals surface area contributed by atoms with Gasteiger partial charge in [-0.25, -0.2) is 8.42 Å². The second kappa shape index (κ2) is 8.98. The predicted octanol–water partition coefficient (Wildman–Crippen LogP) is 1.51. The highest BCUT2D eigenvalue weighted by Crippen LogP contribution is 2.21. The molecule has 0 aliphatic carbocycles. The normalized spacial score (nSPS) is 21.5. The first-order chi connectivity index (χ1) is 11.6. The van der Waals surface area contributed by atoms with Gasteiger partial charge in [0, 0.05) is 26.2 Å². The Morgan fingerprint density at radius 1 is 1.16 bits per heavy atom. The maximum absolute atomic E-state index is 12.5. The van der Waals surface area contributed by atoms with Crippen molar-refractivity contribution in [2.45, 2.75) is 37.1 Å². The first kappa shape index (κ1) is 20.2. The Labute approximate surface area is 155 Å². The molecule has 0 spiro atoms. The fourth-order valence-electron chi connectivity index (χ4n) is 3.27. The van der Waals surface area contributed by atoms with Gasteiger partial charge in [-0.15, -0.1) is 12.4 Å². The number of nitrogens with one attached hydrogen (secondary N) is 2. The molecule has 3 rings (SSSR count). The van der Waals surface area contributed by atoms with Crippen LogP contribution in [0.4, 0.5) is 0 Å². The summed E-state index contributed by atoms with van der Waals surface area (Å²) >= 11 is 0. The average molecular weight is 388 g/mol. The van der Waals surface area contributed by atoms with E-state index < -0.39 is 10.0 Å². The molecule has 2 fully saturated rings. The quantitative estimate of drug-likeness (QED) is 0.802. The molecule has 6 nitrogen and oxygen atoms in total. The molecule has 2 heterocycles. The van der Waals surface area contributed by atoms with Gasteiger partial charge in [-0.3, -0.25) is 4.79 Å². The van der Waals surface area contributed by atoms with Gasteiger partial charge in [0.25, 0.3) is 0 Å². The van der Waals surface area contributed by atoms with Crippen LogP contribution in [0.1, 0.15) is 31.2 Å². The predicted molar refractivity (Wildman–Crippen MR) is 99.1 cm³/mol. The lowest BCUT2D eigenvalue weighted by Crippen LogP contribution is -2.40. The van der Waals surface area contributed by atoms with Crippen LogP contribution in [0, 0.1) is 5.92 Å². The van der Waals surface area contributed by atoms with Crippen molar-refractivity contribution in [3.05, 3.63) is 29.8 Å². The molecule has 0 radical (unpaired) electrons. The number of halogens is 1. The summed E-state index contributed by atoms with van der Waals surface area (Å²) in [6.07, 6.45) is 3.81. The van der Waals surface area contributed by atoms with Crippen molar-refractivity contribution in [3.8, 4) is 0 Å². The summed E-state index contributed by atoms with van der Waals surface area (Å²) in [7, 11) is -3.37. The van der Waals surface area contributed by atoms with Crippen molar-refractivity contribution in [3.63, 3.8) is 0 Å². The lowest BCUT2D eigenvalue weighted by Gasteiger charge is -2.22. The molecule has 2 N–H and O–H groups in total. The summed E-state index contributed by atoms with van der Waals surface area (Å²) in [4.78, 5) is 12.4. The summed E-state index contributed by atoms with van der Waals surface area (Å²) in [6.45, 7) is 3.36. The minimum absolute atomic E-state index is 0. The van der Waals surface area contributed by atoms with Crippen molar-refractivity contribution in [2.24, 2.45) is 5.92 Å². The Kier molecular flexibility index (Phi) is 7.25. The van der Waals surface area contributed by atoms with Crippen LogP contribution in [0.5, 0.6) is 0 Å². The molecule has 0 bridgehead atoms. The molecule has 2 saturated heterocycles. The van der Waals surface area contributed by atoms with Crippen LogP contribution in [0.25, 0.3) is 0 Å². The minimum atomic E-state index is -3.37. The number of hydrogen-bond acceptors (Lipinski definition) is 4. The van der Waals surface area contributed by atoms with Crippen LogP contribution in [-0.2, 0) is 21.4 Å². The van der Waals surface area contributed by atoms with Crippen LogP contribution < -0.4 is 10.6 Å². The van der Waals surface area contributed by atoms with Crippen molar-refractivity contribution in [1.29, 1.82) is 0 Å². The molecule has 0 aromatic heterocycles. The van der Waals surface area contributed by atoms with E-state index in [0.29, 0.717) is 24.5 Å². The molecule has 0 saturated carbocycles. The number of rotatable bonds is 5. The molecule has 1 aromatic carbocycles. The van der Waals surface area contributed by atoms with Crippen LogP contribution >= 0.6 is 12.4 Å². The number of sulfonamides is 1. The summed E-state index contributed by atoms with van der Waals surface area (Å²) < 4.78 is 26.5. The Balaban J connectivity index is 0.00000225. The van der Waals surface area contributed by atoms with Crippen LogP contribution in [0.15, 0.2) is 29.2 Å². The Hall–Kier alpha value is -1.15. The highest BCUT2D eigenvalue weighted by atomic mass is 35.5. The number of nitrogens with zero attached hydrogens (tertiary/aromatic N) is 1. The Bertz CT molecular complexity index is 667. The third kappa shape index (κ3) is 4.94. The van der Waals surface area contributed by atoms with E-state index in [9.17, 15) is 13.2 Å². The molecule has 8 heteroatoms. The third-order valence-corrected chi connectivity index (χ3v) is 6.67. The zero-order valence-corrected chi connectivity index (χ0v) is 15.9. The number of benzene rings is 1. The molecule has 25 heavy (non-hydrogen) atoms. The number of hydrogen-bond donors (Lipinski definition) is 2. The molecular formula is C17H26ClN3O3S. The van der Waals surface area contributed by atoms with E-state index in [-0.39, 0.29) is 24.2 Å². The van der Waals surface area contributed by atoms with Gasteiger partial charge >= 0.3 is 0 Å².